The van der Waals surface area contributed by atoms with Crippen molar-refractivity contribution < 1.29 is 28.3 Å². The van der Waals surface area contributed by atoms with E-state index in [1.165, 1.54) is 0 Å². The van der Waals surface area contributed by atoms with Crippen molar-refractivity contribution in [2.24, 2.45) is 0 Å². The third-order valence-electron chi connectivity index (χ3n) is 9.06. The van der Waals surface area contributed by atoms with E-state index in [1.807, 2.05) is 85.8 Å². The average Bonchev–Trinajstić information content (AvgIpc) is 3.64. The maximum Gasteiger partial charge on any atom is 0.245 e. The summed E-state index contributed by atoms with van der Waals surface area (Å²) in [7, 11) is 1.72. The molecule has 274 valence electrons. The molecule has 0 aromatic heterocycles. The molecule has 0 radical (unpaired) electrons. The topological polar surface area (TPSA) is 113 Å². The molecule has 2 amide bonds. The van der Waals surface area contributed by atoms with Crippen LogP contribution in [-0.2, 0) is 24.3 Å². The minimum absolute atomic E-state index is 0.0906. The summed E-state index contributed by atoms with van der Waals surface area (Å²) in [4.78, 5) is 31.8. The zero-order valence-electron chi connectivity index (χ0n) is 31.0. The van der Waals surface area contributed by atoms with Crippen LogP contribution in [-0.4, -0.2) is 79.5 Å². The second-order valence-electron chi connectivity index (χ2n) is 13.1. The molecule has 51 heavy (non-hydrogen) atoms. The van der Waals surface area contributed by atoms with Gasteiger partial charge >= 0.3 is 0 Å². The van der Waals surface area contributed by atoms with E-state index < -0.39 is 25.7 Å². The van der Waals surface area contributed by atoms with Gasteiger partial charge in [0.2, 0.25) is 11.8 Å². The lowest BCUT2D eigenvalue weighted by Gasteiger charge is -2.42. The lowest BCUT2D eigenvalue weighted by atomic mass is 9.68. The van der Waals surface area contributed by atoms with Crippen LogP contribution in [0.2, 0.25) is 0 Å². The fraction of sp³-hybridized carbons (Fsp3) is 0.475. The SMILES string of the molecule is CCCOC(NC(=O)[C@@H]1CCCN1C(=O)C(c1ccccc1)(c1ccc(OC)cc1)c1ccc(OC)cc1)P(OCCC#N)N(C(C)C)C(C)C. The van der Waals surface area contributed by atoms with Crippen LogP contribution in [0, 0.1) is 11.3 Å². The fourth-order valence-electron chi connectivity index (χ4n) is 6.84. The number of benzene rings is 3. The first-order valence-corrected chi connectivity index (χ1v) is 19.1. The molecule has 4 rings (SSSR count). The highest BCUT2D eigenvalue weighted by Crippen LogP contribution is 2.49. The van der Waals surface area contributed by atoms with Gasteiger partial charge in [0, 0.05) is 25.2 Å². The van der Waals surface area contributed by atoms with Crippen molar-refractivity contribution in [3.05, 3.63) is 95.6 Å². The second kappa shape index (κ2) is 19.0. The molecule has 0 aliphatic carbocycles. The van der Waals surface area contributed by atoms with Crippen molar-refractivity contribution in [3.63, 3.8) is 0 Å². The number of nitrogens with one attached hydrogen (secondary N) is 1. The molecular formula is C40H53N4O6P. The molecule has 11 heteroatoms. The summed E-state index contributed by atoms with van der Waals surface area (Å²) in [5.41, 5.74) is 0.983. The number of amides is 2. The number of hydrogen-bond acceptors (Lipinski definition) is 8. The first kappa shape index (κ1) is 39.8. The summed E-state index contributed by atoms with van der Waals surface area (Å²) in [6.45, 7) is 11.4. The molecule has 2 unspecified atom stereocenters. The lowest BCUT2D eigenvalue weighted by Crippen LogP contribution is -2.55. The number of nitriles is 1. The Kier molecular flexibility index (Phi) is 14.8. The van der Waals surface area contributed by atoms with Gasteiger partial charge in [-0.1, -0.05) is 61.5 Å². The third kappa shape index (κ3) is 9.09. The van der Waals surface area contributed by atoms with Crippen molar-refractivity contribution in [1.82, 2.24) is 14.9 Å². The van der Waals surface area contributed by atoms with Crippen LogP contribution in [0.25, 0.3) is 0 Å². The van der Waals surface area contributed by atoms with Crippen LogP contribution >= 0.6 is 8.30 Å². The molecule has 0 spiro atoms. The molecule has 3 aromatic carbocycles. The van der Waals surface area contributed by atoms with Crippen molar-refractivity contribution >= 4 is 20.1 Å². The molecule has 1 saturated heterocycles. The molecule has 0 bridgehead atoms. The van der Waals surface area contributed by atoms with Gasteiger partial charge in [0.15, 0.2) is 14.3 Å². The van der Waals surface area contributed by atoms with Crippen molar-refractivity contribution in [2.45, 2.75) is 89.8 Å². The maximum absolute atomic E-state index is 15.5. The Morgan fingerprint density at radius 2 is 1.45 bits per heavy atom. The van der Waals surface area contributed by atoms with Crippen LogP contribution in [0.15, 0.2) is 78.9 Å². The Labute approximate surface area is 304 Å². The molecule has 3 atom stereocenters. The third-order valence-corrected chi connectivity index (χ3v) is 11.6. The lowest BCUT2D eigenvalue weighted by molar-refractivity contribution is -0.142. The fourth-order valence-corrected chi connectivity index (χ4v) is 9.01. The number of carbonyl (C=O) groups is 2. The summed E-state index contributed by atoms with van der Waals surface area (Å²) in [5.74, 6) is 0.0773. The number of ether oxygens (including phenoxy) is 3. The summed E-state index contributed by atoms with van der Waals surface area (Å²) in [5, 5.41) is 12.5. The van der Waals surface area contributed by atoms with E-state index in [1.54, 1.807) is 19.1 Å². The van der Waals surface area contributed by atoms with Gasteiger partial charge in [-0.05, 0) is 87.9 Å². The van der Waals surface area contributed by atoms with Crippen molar-refractivity contribution in [1.29, 1.82) is 5.26 Å². The van der Waals surface area contributed by atoms with E-state index >= 15 is 4.79 Å². The Morgan fingerprint density at radius 3 is 1.94 bits per heavy atom. The Balaban J connectivity index is 1.80. The normalized spacial score (nSPS) is 15.9. The molecule has 1 fully saturated rings. The Bertz CT molecular complexity index is 1520. The monoisotopic (exact) mass is 716 g/mol. The van der Waals surface area contributed by atoms with E-state index in [-0.39, 0.29) is 36.9 Å². The number of rotatable bonds is 18. The molecule has 1 heterocycles. The van der Waals surface area contributed by atoms with Crippen LogP contribution in [0.3, 0.4) is 0 Å². The van der Waals surface area contributed by atoms with Gasteiger partial charge in [0.25, 0.3) is 0 Å². The second-order valence-corrected chi connectivity index (χ2v) is 14.9. The van der Waals surface area contributed by atoms with Crippen LogP contribution in [0.1, 0.15) is 77.0 Å². The number of likely N-dealkylation sites (tertiary alicyclic amines) is 1. The predicted molar refractivity (Wildman–Crippen MR) is 200 cm³/mol. The quantitative estimate of drug-likeness (QED) is 0.0636. The largest absolute Gasteiger partial charge is 0.497 e. The van der Waals surface area contributed by atoms with Crippen molar-refractivity contribution in [3.8, 4) is 17.6 Å². The van der Waals surface area contributed by atoms with E-state index in [4.69, 9.17) is 18.7 Å². The molecular weight excluding hydrogens is 663 g/mol. The van der Waals surface area contributed by atoms with Crippen LogP contribution in [0.5, 0.6) is 11.5 Å². The maximum atomic E-state index is 15.5. The molecule has 1 aliphatic rings. The number of methoxy groups -OCH3 is 2. The molecule has 1 N–H and O–H groups in total. The summed E-state index contributed by atoms with van der Waals surface area (Å²) < 4.78 is 25.9. The summed E-state index contributed by atoms with van der Waals surface area (Å²) >= 11 is 0. The predicted octanol–water partition coefficient (Wildman–Crippen LogP) is 7.22. The number of hydrogen-bond donors (Lipinski definition) is 1. The minimum Gasteiger partial charge on any atom is -0.497 e. The van der Waals surface area contributed by atoms with E-state index in [0.717, 1.165) is 23.1 Å². The first-order chi connectivity index (χ1) is 24.6. The van der Waals surface area contributed by atoms with Gasteiger partial charge in [-0.25, -0.2) is 0 Å². The summed E-state index contributed by atoms with van der Waals surface area (Å²) in [6, 6.07) is 26.4. The Hall–Kier alpha value is -4.00. The van der Waals surface area contributed by atoms with E-state index in [0.29, 0.717) is 37.5 Å². The van der Waals surface area contributed by atoms with Gasteiger partial charge < -0.3 is 29.0 Å². The highest BCUT2D eigenvalue weighted by Gasteiger charge is 2.50. The van der Waals surface area contributed by atoms with Gasteiger partial charge in [-0.2, -0.15) is 5.26 Å². The zero-order chi connectivity index (χ0) is 37.0. The molecule has 10 nitrogen and oxygen atoms in total. The first-order valence-electron chi connectivity index (χ1n) is 17.8. The smallest absolute Gasteiger partial charge is 0.245 e. The van der Waals surface area contributed by atoms with Gasteiger partial charge in [0.1, 0.15) is 23.0 Å². The van der Waals surface area contributed by atoms with Crippen molar-refractivity contribution in [2.75, 3.05) is 34.0 Å². The highest BCUT2D eigenvalue weighted by atomic mass is 31.2. The minimum atomic E-state index is -1.51. The Morgan fingerprint density at radius 1 is 0.902 bits per heavy atom. The van der Waals surface area contributed by atoms with Crippen LogP contribution < -0.4 is 14.8 Å². The van der Waals surface area contributed by atoms with Crippen LogP contribution in [0.4, 0.5) is 0 Å². The molecule has 3 aromatic rings. The number of carbonyl (C=O) groups excluding carboxylic acids is 2. The van der Waals surface area contributed by atoms with E-state index in [9.17, 15) is 10.1 Å². The summed E-state index contributed by atoms with van der Waals surface area (Å²) in [6.07, 6.45) is 2.13. The standard InChI is InChI=1S/C40H53N4O6P/c1-8-27-49-39(51(50-28-13-25-41)44(29(2)3)30(4)5)42-37(45)36-16-12-26-43(36)38(46)40(31-14-10-9-11-15-31,32-17-21-34(47-6)22-18-32)33-19-23-35(48-7)24-20-33/h9-11,14-15,17-24,29-30,36,39H,8,12-13,16,26-28H2,1-7H3,(H,42,45)/t36-,39?,51?/m0/s1. The highest BCUT2D eigenvalue weighted by molar-refractivity contribution is 7.50. The van der Waals surface area contributed by atoms with Gasteiger partial charge in [-0.15, -0.1) is 0 Å². The van der Waals surface area contributed by atoms with Gasteiger partial charge in [-0.3, -0.25) is 14.3 Å². The van der Waals surface area contributed by atoms with Gasteiger partial charge in [0.05, 0.1) is 33.3 Å². The zero-order valence-corrected chi connectivity index (χ0v) is 31.9. The van der Waals surface area contributed by atoms with E-state index in [2.05, 4.69) is 43.8 Å². The number of nitrogens with zero attached hydrogens (tertiary/aromatic N) is 3. The molecule has 1 aliphatic heterocycles. The molecule has 0 saturated carbocycles. The average molecular weight is 717 g/mol.